The number of aliphatic carboxylic acids is 1. The predicted octanol–water partition coefficient (Wildman–Crippen LogP) is 1.04. The number of aryl methyl sites for hydroxylation is 1. The summed E-state index contributed by atoms with van der Waals surface area (Å²) in [7, 11) is 0. The predicted molar refractivity (Wildman–Crippen MR) is 74.8 cm³/mol. The fraction of sp³-hybridized carbons (Fsp3) is 0.714. The lowest BCUT2D eigenvalue weighted by Gasteiger charge is -2.36. The lowest BCUT2D eigenvalue weighted by molar-refractivity contribution is -0.150. The van der Waals surface area contributed by atoms with Gasteiger partial charge in [0.1, 0.15) is 18.8 Å². The summed E-state index contributed by atoms with van der Waals surface area (Å²) in [5.74, 6) is -0.177. The first-order valence-electron chi connectivity index (χ1n) is 7.32. The molecule has 1 aliphatic carbocycles. The SMILES string of the molecule is Cc1noc(COCC(=O)NC2(C(=O)O)CCC(C)CC2)n1. The second-order valence-corrected chi connectivity index (χ2v) is 5.85. The summed E-state index contributed by atoms with van der Waals surface area (Å²) in [6.45, 7) is 3.54. The first kappa shape index (κ1) is 16.4. The number of nitrogens with one attached hydrogen (secondary N) is 1. The molecule has 0 spiro atoms. The summed E-state index contributed by atoms with van der Waals surface area (Å²) in [5, 5.41) is 15.7. The van der Waals surface area contributed by atoms with Crippen molar-refractivity contribution in [3.05, 3.63) is 11.7 Å². The monoisotopic (exact) mass is 311 g/mol. The van der Waals surface area contributed by atoms with Gasteiger partial charge in [0.05, 0.1) is 0 Å². The molecule has 2 N–H and O–H groups in total. The van der Waals surface area contributed by atoms with E-state index in [1.54, 1.807) is 6.92 Å². The molecule has 1 aliphatic rings. The van der Waals surface area contributed by atoms with Gasteiger partial charge in [0.15, 0.2) is 5.82 Å². The molecule has 1 heterocycles. The van der Waals surface area contributed by atoms with Crippen LogP contribution in [-0.4, -0.2) is 39.3 Å². The molecule has 122 valence electrons. The summed E-state index contributed by atoms with van der Waals surface area (Å²) >= 11 is 0. The molecule has 8 heteroatoms. The van der Waals surface area contributed by atoms with Gasteiger partial charge in [0, 0.05) is 0 Å². The zero-order valence-electron chi connectivity index (χ0n) is 12.8. The molecule has 0 atom stereocenters. The van der Waals surface area contributed by atoms with Gasteiger partial charge in [-0.15, -0.1) is 0 Å². The summed E-state index contributed by atoms with van der Waals surface area (Å²) in [5.41, 5.74) is -1.17. The average Bonchev–Trinajstić information content (AvgIpc) is 2.87. The van der Waals surface area contributed by atoms with E-state index in [0.717, 1.165) is 12.8 Å². The minimum absolute atomic E-state index is 0.0192. The van der Waals surface area contributed by atoms with Gasteiger partial charge in [-0.2, -0.15) is 4.98 Å². The van der Waals surface area contributed by atoms with E-state index in [4.69, 9.17) is 9.26 Å². The van der Waals surface area contributed by atoms with E-state index in [1.807, 2.05) is 0 Å². The number of carbonyl (C=O) groups excluding carboxylic acids is 1. The molecule has 0 aromatic carbocycles. The van der Waals surface area contributed by atoms with E-state index in [2.05, 4.69) is 22.4 Å². The molecular formula is C14H21N3O5. The normalized spacial score (nSPS) is 24.9. The molecule has 0 aliphatic heterocycles. The topological polar surface area (TPSA) is 115 Å². The zero-order valence-corrected chi connectivity index (χ0v) is 12.8. The number of ether oxygens (including phenoxy) is 1. The molecule has 2 rings (SSSR count). The van der Waals surface area contributed by atoms with E-state index in [1.165, 1.54) is 0 Å². The van der Waals surface area contributed by atoms with Crippen LogP contribution in [0.1, 0.15) is 44.3 Å². The van der Waals surface area contributed by atoms with Gasteiger partial charge < -0.3 is 19.7 Å². The Kier molecular flexibility index (Phi) is 5.12. The average molecular weight is 311 g/mol. The van der Waals surface area contributed by atoms with Crippen molar-refractivity contribution < 1.29 is 24.0 Å². The van der Waals surface area contributed by atoms with E-state index in [0.29, 0.717) is 24.6 Å². The third-order valence-electron chi connectivity index (χ3n) is 3.94. The lowest BCUT2D eigenvalue weighted by atomic mass is 9.77. The van der Waals surface area contributed by atoms with Crippen molar-refractivity contribution in [2.45, 2.75) is 51.7 Å². The number of carbonyl (C=O) groups is 2. The minimum atomic E-state index is -1.17. The van der Waals surface area contributed by atoms with Gasteiger partial charge in [-0.3, -0.25) is 4.79 Å². The molecule has 1 fully saturated rings. The number of rotatable bonds is 6. The number of nitrogens with zero attached hydrogens (tertiary/aromatic N) is 2. The Morgan fingerprint density at radius 3 is 2.68 bits per heavy atom. The summed E-state index contributed by atoms with van der Waals surface area (Å²) in [4.78, 5) is 27.4. The number of carboxylic acids is 1. The highest BCUT2D eigenvalue weighted by Crippen LogP contribution is 2.32. The lowest BCUT2D eigenvalue weighted by Crippen LogP contribution is -2.57. The maximum atomic E-state index is 11.9. The van der Waals surface area contributed by atoms with Crippen molar-refractivity contribution in [3.8, 4) is 0 Å². The van der Waals surface area contributed by atoms with Crippen LogP contribution < -0.4 is 5.32 Å². The zero-order chi connectivity index (χ0) is 16.2. The summed E-state index contributed by atoms with van der Waals surface area (Å²) < 4.78 is 10.0. The molecule has 22 heavy (non-hydrogen) atoms. The van der Waals surface area contributed by atoms with Crippen LogP contribution in [0.4, 0.5) is 0 Å². The molecule has 1 saturated carbocycles. The van der Waals surface area contributed by atoms with E-state index in [-0.39, 0.29) is 19.1 Å². The van der Waals surface area contributed by atoms with Crippen LogP contribution in [0.25, 0.3) is 0 Å². The van der Waals surface area contributed by atoms with Gasteiger partial charge in [0.2, 0.25) is 5.91 Å². The highest BCUT2D eigenvalue weighted by atomic mass is 16.5. The Morgan fingerprint density at radius 2 is 2.14 bits per heavy atom. The van der Waals surface area contributed by atoms with Crippen molar-refractivity contribution in [3.63, 3.8) is 0 Å². The second kappa shape index (κ2) is 6.87. The van der Waals surface area contributed by atoms with Crippen LogP contribution in [0.5, 0.6) is 0 Å². The standard InChI is InChI=1S/C14H21N3O5/c1-9-3-5-14(6-4-9,13(19)20)16-11(18)7-21-8-12-15-10(2)17-22-12/h9H,3-8H2,1-2H3,(H,16,18)(H,19,20). The largest absolute Gasteiger partial charge is 0.480 e. The summed E-state index contributed by atoms with van der Waals surface area (Å²) in [6.07, 6.45) is 2.46. The van der Waals surface area contributed by atoms with Crippen molar-refractivity contribution in [2.24, 2.45) is 5.92 Å². The van der Waals surface area contributed by atoms with Crippen LogP contribution in [0.3, 0.4) is 0 Å². The Hall–Kier alpha value is -1.96. The second-order valence-electron chi connectivity index (χ2n) is 5.85. The smallest absolute Gasteiger partial charge is 0.329 e. The molecule has 1 amide bonds. The molecule has 0 radical (unpaired) electrons. The maximum Gasteiger partial charge on any atom is 0.329 e. The molecule has 0 bridgehead atoms. The Labute approximate surface area is 128 Å². The van der Waals surface area contributed by atoms with Crippen molar-refractivity contribution >= 4 is 11.9 Å². The fourth-order valence-electron chi connectivity index (χ4n) is 2.58. The third-order valence-corrected chi connectivity index (χ3v) is 3.94. The van der Waals surface area contributed by atoms with Crippen LogP contribution in [-0.2, 0) is 20.9 Å². The number of aromatic nitrogens is 2. The van der Waals surface area contributed by atoms with Gasteiger partial charge in [-0.1, -0.05) is 12.1 Å². The van der Waals surface area contributed by atoms with Gasteiger partial charge in [-0.25, -0.2) is 4.79 Å². The van der Waals surface area contributed by atoms with Crippen LogP contribution in [0.15, 0.2) is 4.52 Å². The van der Waals surface area contributed by atoms with Crippen LogP contribution in [0.2, 0.25) is 0 Å². The summed E-state index contributed by atoms with van der Waals surface area (Å²) in [6, 6.07) is 0. The van der Waals surface area contributed by atoms with E-state index in [9.17, 15) is 14.7 Å². The highest BCUT2D eigenvalue weighted by Gasteiger charge is 2.42. The Bertz CT molecular complexity index is 534. The number of hydrogen-bond donors (Lipinski definition) is 2. The first-order valence-corrected chi connectivity index (χ1v) is 7.32. The van der Waals surface area contributed by atoms with Gasteiger partial charge in [0.25, 0.3) is 5.89 Å². The van der Waals surface area contributed by atoms with Crippen LogP contribution in [0, 0.1) is 12.8 Å². The highest BCUT2D eigenvalue weighted by molar-refractivity contribution is 5.87. The molecule has 1 aromatic rings. The van der Waals surface area contributed by atoms with Crippen molar-refractivity contribution in [2.75, 3.05) is 6.61 Å². The molecule has 0 unspecified atom stereocenters. The van der Waals surface area contributed by atoms with Crippen LogP contribution >= 0.6 is 0 Å². The van der Waals surface area contributed by atoms with E-state index >= 15 is 0 Å². The van der Waals surface area contributed by atoms with Crippen molar-refractivity contribution in [1.29, 1.82) is 0 Å². The molecular weight excluding hydrogens is 290 g/mol. The Morgan fingerprint density at radius 1 is 1.45 bits per heavy atom. The quantitative estimate of drug-likeness (QED) is 0.806. The Balaban J connectivity index is 1.82. The van der Waals surface area contributed by atoms with Gasteiger partial charge in [-0.05, 0) is 38.5 Å². The van der Waals surface area contributed by atoms with E-state index < -0.39 is 17.4 Å². The fourth-order valence-corrected chi connectivity index (χ4v) is 2.58. The number of carboxylic acid groups (broad SMARTS) is 1. The number of amides is 1. The molecule has 8 nitrogen and oxygen atoms in total. The first-order chi connectivity index (χ1) is 10.4. The number of hydrogen-bond acceptors (Lipinski definition) is 6. The van der Waals surface area contributed by atoms with Gasteiger partial charge >= 0.3 is 5.97 Å². The minimum Gasteiger partial charge on any atom is -0.480 e. The maximum absolute atomic E-state index is 11.9. The molecule has 0 saturated heterocycles. The van der Waals surface area contributed by atoms with Crippen molar-refractivity contribution in [1.82, 2.24) is 15.5 Å². The molecule has 1 aromatic heterocycles. The third kappa shape index (κ3) is 4.03.